The lowest BCUT2D eigenvalue weighted by Gasteiger charge is -2.08. The van der Waals surface area contributed by atoms with Crippen LogP contribution in [-0.2, 0) is 0 Å². The smallest absolute Gasteiger partial charge is 0.203 e. The number of rotatable bonds is 6. The van der Waals surface area contributed by atoms with E-state index < -0.39 is 0 Å². The molecular formula is C18H16ClN3O2S. The molecule has 3 rings (SSSR count). The monoisotopic (exact) mass is 373 g/mol. The van der Waals surface area contributed by atoms with Gasteiger partial charge >= 0.3 is 0 Å². The molecule has 0 aliphatic heterocycles. The van der Waals surface area contributed by atoms with E-state index in [1.165, 1.54) is 11.3 Å². The van der Waals surface area contributed by atoms with Crippen molar-refractivity contribution in [2.45, 2.75) is 0 Å². The summed E-state index contributed by atoms with van der Waals surface area (Å²) in [4.78, 5) is 4.53. The summed E-state index contributed by atoms with van der Waals surface area (Å²) in [6.45, 7) is 0. The van der Waals surface area contributed by atoms with Gasteiger partial charge in [-0.2, -0.15) is 5.10 Å². The zero-order valence-electron chi connectivity index (χ0n) is 13.7. The Labute approximate surface area is 154 Å². The second-order valence-corrected chi connectivity index (χ2v) is 6.26. The van der Waals surface area contributed by atoms with Gasteiger partial charge in [-0.05, 0) is 24.3 Å². The van der Waals surface area contributed by atoms with Gasteiger partial charge in [-0.3, -0.25) is 5.43 Å². The highest BCUT2D eigenvalue weighted by Crippen LogP contribution is 2.33. The number of ether oxygens (including phenoxy) is 2. The van der Waals surface area contributed by atoms with E-state index in [2.05, 4.69) is 15.5 Å². The lowest BCUT2D eigenvalue weighted by molar-refractivity contribution is 0.355. The molecule has 0 aliphatic rings. The van der Waals surface area contributed by atoms with Crippen molar-refractivity contribution in [2.24, 2.45) is 5.10 Å². The second-order valence-electron chi connectivity index (χ2n) is 5.00. The molecule has 0 spiro atoms. The van der Waals surface area contributed by atoms with Gasteiger partial charge in [0.15, 0.2) is 11.5 Å². The Morgan fingerprint density at radius 3 is 2.68 bits per heavy atom. The predicted octanol–water partition coefficient (Wildman–Crippen LogP) is 4.93. The van der Waals surface area contributed by atoms with Crippen LogP contribution in [0.2, 0.25) is 5.02 Å². The molecule has 3 aromatic rings. The first-order valence-corrected chi connectivity index (χ1v) is 8.68. The number of hydrogen-bond acceptors (Lipinski definition) is 6. The molecule has 128 valence electrons. The zero-order chi connectivity index (χ0) is 17.6. The molecule has 0 radical (unpaired) electrons. The highest BCUT2D eigenvalue weighted by atomic mass is 35.5. The molecule has 1 N–H and O–H groups in total. The molecule has 0 atom stereocenters. The van der Waals surface area contributed by atoms with Gasteiger partial charge < -0.3 is 9.47 Å². The van der Waals surface area contributed by atoms with Gasteiger partial charge in [0.25, 0.3) is 0 Å². The van der Waals surface area contributed by atoms with Crippen LogP contribution in [-0.4, -0.2) is 25.4 Å². The Hall–Kier alpha value is -2.57. The number of anilines is 1. The number of halogens is 1. The van der Waals surface area contributed by atoms with E-state index in [4.69, 9.17) is 21.1 Å². The molecule has 5 nitrogen and oxygen atoms in total. The Kier molecular flexibility index (Phi) is 5.53. The largest absolute Gasteiger partial charge is 0.493 e. The molecule has 0 saturated carbocycles. The quantitative estimate of drug-likeness (QED) is 0.492. The number of aromatic nitrogens is 1. The molecule has 0 unspecified atom stereocenters. The predicted molar refractivity (Wildman–Crippen MR) is 103 cm³/mol. The van der Waals surface area contributed by atoms with Crippen molar-refractivity contribution in [3.8, 4) is 22.8 Å². The van der Waals surface area contributed by atoms with Crippen LogP contribution >= 0.6 is 22.9 Å². The molecule has 0 aliphatic carbocycles. The van der Waals surface area contributed by atoms with Gasteiger partial charge in [-0.1, -0.05) is 29.8 Å². The van der Waals surface area contributed by atoms with Crippen LogP contribution in [0, 0.1) is 0 Å². The Bertz CT molecular complexity index is 896. The van der Waals surface area contributed by atoms with Gasteiger partial charge in [-0.25, -0.2) is 4.98 Å². The SMILES string of the molecule is COc1ccc(-c2csc(N/N=C\c3ccccc3Cl)n2)cc1OC. The summed E-state index contributed by atoms with van der Waals surface area (Å²) >= 11 is 7.56. The minimum Gasteiger partial charge on any atom is -0.493 e. The van der Waals surface area contributed by atoms with Gasteiger partial charge in [0.1, 0.15) is 0 Å². The summed E-state index contributed by atoms with van der Waals surface area (Å²) in [6, 6.07) is 13.2. The molecular weight excluding hydrogens is 358 g/mol. The fourth-order valence-corrected chi connectivity index (χ4v) is 3.04. The summed E-state index contributed by atoms with van der Waals surface area (Å²) < 4.78 is 10.6. The normalized spacial score (nSPS) is 10.8. The number of hydrogen-bond donors (Lipinski definition) is 1. The standard InChI is InChI=1S/C18H16ClN3O2S/c1-23-16-8-7-12(9-17(16)24-2)15-11-25-18(21-15)22-20-10-13-5-3-4-6-14(13)19/h3-11H,1-2H3,(H,21,22)/b20-10-. The van der Waals surface area contributed by atoms with E-state index >= 15 is 0 Å². The Morgan fingerprint density at radius 2 is 1.92 bits per heavy atom. The van der Waals surface area contributed by atoms with Crippen LogP contribution in [0.5, 0.6) is 11.5 Å². The Morgan fingerprint density at radius 1 is 1.12 bits per heavy atom. The van der Waals surface area contributed by atoms with Gasteiger partial charge in [0.2, 0.25) is 5.13 Å². The second kappa shape index (κ2) is 8.00. The minimum atomic E-state index is 0.651. The Balaban J connectivity index is 1.73. The van der Waals surface area contributed by atoms with E-state index in [0.717, 1.165) is 16.8 Å². The van der Waals surface area contributed by atoms with Crippen molar-refractivity contribution in [3.63, 3.8) is 0 Å². The van der Waals surface area contributed by atoms with Crippen LogP contribution in [0.1, 0.15) is 5.56 Å². The molecule has 0 fully saturated rings. The van der Waals surface area contributed by atoms with Crippen LogP contribution in [0.4, 0.5) is 5.13 Å². The zero-order valence-corrected chi connectivity index (χ0v) is 15.3. The third kappa shape index (κ3) is 4.10. The number of benzene rings is 2. The number of thiazole rings is 1. The fourth-order valence-electron chi connectivity index (χ4n) is 2.19. The molecule has 0 bridgehead atoms. The van der Waals surface area contributed by atoms with Crippen LogP contribution < -0.4 is 14.9 Å². The number of methoxy groups -OCH3 is 2. The lowest BCUT2D eigenvalue weighted by atomic mass is 10.1. The van der Waals surface area contributed by atoms with Gasteiger partial charge in [0, 0.05) is 21.5 Å². The molecule has 25 heavy (non-hydrogen) atoms. The summed E-state index contributed by atoms with van der Waals surface area (Å²) in [7, 11) is 3.22. The summed E-state index contributed by atoms with van der Waals surface area (Å²) in [5.74, 6) is 1.35. The van der Waals surface area contributed by atoms with Crippen molar-refractivity contribution in [2.75, 3.05) is 19.6 Å². The highest BCUT2D eigenvalue weighted by Gasteiger charge is 2.09. The summed E-state index contributed by atoms with van der Waals surface area (Å²) in [6.07, 6.45) is 1.67. The van der Waals surface area contributed by atoms with E-state index in [9.17, 15) is 0 Å². The molecule has 0 saturated heterocycles. The van der Waals surface area contributed by atoms with Crippen molar-refractivity contribution < 1.29 is 9.47 Å². The van der Waals surface area contributed by atoms with E-state index in [1.54, 1.807) is 20.4 Å². The maximum absolute atomic E-state index is 6.09. The van der Waals surface area contributed by atoms with Gasteiger partial charge in [-0.15, -0.1) is 11.3 Å². The minimum absolute atomic E-state index is 0.651. The van der Waals surface area contributed by atoms with Crippen LogP contribution in [0.15, 0.2) is 52.9 Å². The van der Waals surface area contributed by atoms with Crippen molar-refractivity contribution in [1.82, 2.24) is 4.98 Å². The van der Waals surface area contributed by atoms with Crippen LogP contribution in [0.25, 0.3) is 11.3 Å². The van der Waals surface area contributed by atoms with Gasteiger partial charge in [0.05, 0.1) is 26.1 Å². The maximum atomic E-state index is 6.09. The molecule has 7 heteroatoms. The molecule has 2 aromatic carbocycles. The molecule has 1 aromatic heterocycles. The first kappa shape index (κ1) is 17.3. The van der Waals surface area contributed by atoms with Crippen molar-refractivity contribution >= 4 is 34.3 Å². The number of nitrogens with one attached hydrogen (secondary N) is 1. The maximum Gasteiger partial charge on any atom is 0.203 e. The fraction of sp³-hybridized carbons (Fsp3) is 0.111. The average Bonchev–Trinajstić information content (AvgIpc) is 3.11. The molecule has 0 amide bonds. The third-order valence-electron chi connectivity index (χ3n) is 3.45. The summed E-state index contributed by atoms with van der Waals surface area (Å²) in [5.41, 5.74) is 5.54. The third-order valence-corrected chi connectivity index (χ3v) is 4.54. The van der Waals surface area contributed by atoms with E-state index in [1.807, 2.05) is 47.8 Å². The number of hydrazone groups is 1. The highest BCUT2D eigenvalue weighted by molar-refractivity contribution is 7.14. The molecule has 1 heterocycles. The lowest BCUT2D eigenvalue weighted by Crippen LogP contribution is -1.92. The van der Waals surface area contributed by atoms with E-state index in [-0.39, 0.29) is 0 Å². The van der Waals surface area contributed by atoms with E-state index in [0.29, 0.717) is 21.7 Å². The summed E-state index contributed by atoms with van der Waals surface area (Å²) in [5, 5.41) is 7.48. The first-order valence-electron chi connectivity index (χ1n) is 7.43. The van der Waals surface area contributed by atoms with Crippen molar-refractivity contribution in [3.05, 3.63) is 58.4 Å². The van der Waals surface area contributed by atoms with Crippen molar-refractivity contribution in [1.29, 1.82) is 0 Å². The first-order chi connectivity index (χ1) is 12.2. The number of nitrogens with zero attached hydrogens (tertiary/aromatic N) is 2. The average molecular weight is 374 g/mol. The van der Waals surface area contributed by atoms with Crippen LogP contribution in [0.3, 0.4) is 0 Å². The topological polar surface area (TPSA) is 55.7 Å².